The highest BCUT2D eigenvalue weighted by Crippen LogP contribution is 2.29. The summed E-state index contributed by atoms with van der Waals surface area (Å²) in [5.41, 5.74) is 1.49. The van der Waals surface area contributed by atoms with Gasteiger partial charge >= 0.3 is 6.09 Å². The Morgan fingerprint density at radius 1 is 1.32 bits per heavy atom. The number of nitrogens with zero attached hydrogens (tertiary/aromatic N) is 5. The maximum absolute atomic E-state index is 14.9. The fourth-order valence-electron chi connectivity index (χ4n) is 3.69. The van der Waals surface area contributed by atoms with Gasteiger partial charge in [-0.25, -0.2) is 14.2 Å². The molecule has 10 heteroatoms. The van der Waals surface area contributed by atoms with E-state index in [0.29, 0.717) is 54.5 Å². The summed E-state index contributed by atoms with van der Waals surface area (Å²) in [4.78, 5) is 20.2. The number of ether oxygens (including phenoxy) is 1. The molecule has 31 heavy (non-hydrogen) atoms. The number of cyclic esters (lactones) is 1. The third-order valence-corrected chi connectivity index (χ3v) is 6.68. The molecule has 0 saturated carbocycles. The summed E-state index contributed by atoms with van der Waals surface area (Å²) in [7, 11) is 0.990. The minimum Gasteiger partial charge on any atom is -0.442 e. The number of benzene rings is 1. The minimum absolute atomic E-state index is 0.314. The Labute approximate surface area is 182 Å². The summed E-state index contributed by atoms with van der Waals surface area (Å²) < 4.78 is 31.7. The number of carbonyl (C=O) groups excluding carboxylic acids is 1. The van der Waals surface area contributed by atoms with E-state index in [1.807, 2.05) is 12.1 Å². The molecule has 2 fully saturated rings. The summed E-state index contributed by atoms with van der Waals surface area (Å²) in [5, 5.41) is 5.35. The maximum Gasteiger partial charge on any atom is 0.414 e. The first kappa shape index (κ1) is 21.2. The van der Waals surface area contributed by atoms with Gasteiger partial charge in [0.2, 0.25) is 0 Å². The zero-order valence-electron chi connectivity index (χ0n) is 17.2. The second kappa shape index (κ2) is 9.01. The maximum atomic E-state index is 14.9. The quantitative estimate of drug-likeness (QED) is 0.502. The van der Waals surface area contributed by atoms with E-state index in [2.05, 4.69) is 21.7 Å². The Balaban J connectivity index is 1.47. The lowest BCUT2D eigenvalue weighted by molar-refractivity contribution is 0.118. The molecule has 0 aliphatic carbocycles. The molecule has 2 saturated heterocycles. The third-order valence-electron chi connectivity index (χ3n) is 5.41. The number of carbonyl (C=O) groups is 1. The van der Waals surface area contributed by atoms with Crippen LogP contribution < -0.4 is 9.80 Å². The van der Waals surface area contributed by atoms with Crippen LogP contribution in [0.5, 0.6) is 0 Å². The number of aromatic nitrogens is 1. The highest BCUT2D eigenvalue weighted by molar-refractivity contribution is 7.85. The molecule has 1 aromatic heterocycles. The molecular weight excluding hydrogens is 421 g/mol. The molecule has 0 radical (unpaired) electrons. The Bertz CT molecular complexity index is 993. The first-order valence-corrected chi connectivity index (χ1v) is 11.4. The van der Waals surface area contributed by atoms with Crippen LogP contribution in [0.4, 0.5) is 20.7 Å². The van der Waals surface area contributed by atoms with Crippen molar-refractivity contribution in [2.75, 3.05) is 54.5 Å². The van der Waals surface area contributed by atoms with Crippen molar-refractivity contribution in [3.05, 3.63) is 42.3 Å². The lowest BCUT2D eigenvalue weighted by Gasteiger charge is -2.27. The molecular formula is C21H24FN5O3S. The van der Waals surface area contributed by atoms with Gasteiger partial charge in [-0.15, -0.1) is 0 Å². The molecule has 0 spiro atoms. The van der Waals surface area contributed by atoms with Gasteiger partial charge in [0.1, 0.15) is 17.7 Å². The summed E-state index contributed by atoms with van der Waals surface area (Å²) in [6, 6.07) is 8.35. The van der Waals surface area contributed by atoms with Crippen molar-refractivity contribution in [3.8, 4) is 11.1 Å². The summed E-state index contributed by atoms with van der Waals surface area (Å²) in [6.07, 6.45) is 0.759. The molecule has 0 N–H and O–H groups in total. The van der Waals surface area contributed by atoms with Crippen LogP contribution >= 0.6 is 0 Å². The number of pyridine rings is 1. The lowest BCUT2D eigenvalue weighted by Crippen LogP contribution is -2.38. The second-order valence-electron chi connectivity index (χ2n) is 7.50. The molecule has 8 nitrogen and oxygen atoms in total. The first-order valence-electron chi connectivity index (χ1n) is 9.96. The van der Waals surface area contributed by atoms with Gasteiger partial charge in [0.25, 0.3) is 0 Å². The fourth-order valence-corrected chi connectivity index (χ4v) is 4.74. The van der Waals surface area contributed by atoms with Gasteiger partial charge in [-0.1, -0.05) is 0 Å². The van der Waals surface area contributed by atoms with E-state index in [1.54, 1.807) is 30.4 Å². The largest absolute Gasteiger partial charge is 0.442 e. The molecule has 1 atom stereocenters. The van der Waals surface area contributed by atoms with Crippen molar-refractivity contribution < 1.29 is 18.1 Å². The molecule has 1 aromatic carbocycles. The molecule has 4 rings (SSSR count). The Kier molecular flexibility index (Phi) is 6.17. The standard InChI is InChI=1S/C21H24FN5O3S/c1-23-25(2)13-17-14-27(21(28)30-17)16-4-5-18(19(22)11-16)15-3-6-20(24-12-15)26-7-9-31(29)10-8-26/h3-6,11-12,17H,1,7-10,13-14H2,2H3. The molecule has 2 aliphatic heterocycles. The average Bonchev–Trinajstić information content (AvgIpc) is 3.14. The highest BCUT2D eigenvalue weighted by Gasteiger charge is 2.33. The van der Waals surface area contributed by atoms with Crippen molar-refractivity contribution in [2.45, 2.75) is 6.10 Å². The van der Waals surface area contributed by atoms with Crippen molar-refractivity contribution in [3.63, 3.8) is 0 Å². The Morgan fingerprint density at radius 2 is 2.10 bits per heavy atom. The summed E-state index contributed by atoms with van der Waals surface area (Å²) in [5.74, 6) is 1.63. The van der Waals surface area contributed by atoms with Gasteiger partial charge in [0.05, 0.1) is 18.8 Å². The number of rotatable bonds is 6. The predicted octanol–water partition coefficient (Wildman–Crippen LogP) is 2.33. The van der Waals surface area contributed by atoms with E-state index in [-0.39, 0.29) is 6.10 Å². The van der Waals surface area contributed by atoms with Gasteiger partial charge in [0.15, 0.2) is 0 Å². The zero-order valence-corrected chi connectivity index (χ0v) is 18.1. The Hall–Kier alpha value is -3.01. The van der Waals surface area contributed by atoms with Crippen LogP contribution in [0.15, 0.2) is 41.6 Å². The average molecular weight is 446 g/mol. The molecule has 0 bridgehead atoms. The zero-order chi connectivity index (χ0) is 22.0. The fraction of sp³-hybridized carbons (Fsp3) is 0.381. The van der Waals surface area contributed by atoms with Gasteiger partial charge < -0.3 is 9.64 Å². The van der Waals surface area contributed by atoms with Crippen molar-refractivity contribution in [2.24, 2.45) is 5.10 Å². The van der Waals surface area contributed by atoms with Gasteiger partial charge in [0, 0.05) is 66.5 Å². The van der Waals surface area contributed by atoms with Gasteiger partial charge in [-0.2, -0.15) is 5.10 Å². The second-order valence-corrected chi connectivity index (χ2v) is 9.20. The number of hydrogen-bond acceptors (Lipinski definition) is 7. The van der Waals surface area contributed by atoms with Crippen LogP contribution in [0.1, 0.15) is 0 Å². The molecule has 1 amide bonds. The van der Waals surface area contributed by atoms with E-state index in [1.165, 1.54) is 11.0 Å². The van der Waals surface area contributed by atoms with Gasteiger partial charge in [-0.3, -0.25) is 14.1 Å². The number of amides is 1. The molecule has 2 aliphatic rings. The van der Waals surface area contributed by atoms with E-state index >= 15 is 0 Å². The van der Waals surface area contributed by atoms with E-state index < -0.39 is 22.7 Å². The first-order chi connectivity index (χ1) is 14.9. The van der Waals surface area contributed by atoms with Crippen LogP contribution in [-0.4, -0.2) is 77.8 Å². The molecule has 2 aromatic rings. The SMILES string of the molecule is C=NN(C)CC1CN(c2ccc(-c3ccc(N4CCS(=O)CC4)nc3)c(F)c2)C(=O)O1. The van der Waals surface area contributed by atoms with E-state index in [9.17, 15) is 13.4 Å². The van der Waals surface area contributed by atoms with Crippen LogP contribution in [0.3, 0.4) is 0 Å². The molecule has 1 unspecified atom stereocenters. The van der Waals surface area contributed by atoms with Gasteiger partial charge in [-0.05, 0) is 30.3 Å². The monoisotopic (exact) mass is 445 g/mol. The normalized spacial score (nSPS) is 19.4. The van der Waals surface area contributed by atoms with Crippen molar-refractivity contribution in [1.29, 1.82) is 0 Å². The van der Waals surface area contributed by atoms with Crippen LogP contribution in [0.2, 0.25) is 0 Å². The number of halogens is 1. The number of anilines is 2. The number of hydrazone groups is 1. The minimum atomic E-state index is -0.750. The number of likely N-dealkylation sites (N-methyl/N-ethyl adjacent to an activating group) is 1. The number of hydrogen-bond donors (Lipinski definition) is 0. The highest BCUT2D eigenvalue weighted by atomic mass is 32.2. The Morgan fingerprint density at radius 3 is 2.74 bits per heavy atom. The summed E-state index contributed by atoms with van der Waals surface area (Å²) >= 11 is 0. The lowest BCUT2D eigenvalue weighted by atomic mass is 10.1. The smallest absolute Gasteiger partial charge is 0.414 e. The summed E-state index contributed by atoms with van der Waals surface area (Å²) in [6.45, 7) is 5.57. The van der Waals surface area contributed by atoms with E-state index in [0.717, 1.165) is 5.82 Å². The topological polar surface area (TPSA) is 78.3 Å². The third kappa shape index (κ3) is 4.68. The van der Waals surface area contributed by atoms with Crippen LogP contribution in [-0.2, 0) is 15.5 Å². The predicted molar refractivity (Wildman–Crippen MR) is 120 cm³/mol. The van der Waals surface area contributed by atoms with Crippen molar-refractivity contribution in [1.82, 2.24) is 9.99 Å². The van der Waals surface area contributed by atoms with Crippen LogP contribution in [0, 0.1) is 5.82 Å². The van der Waals surface area contributed by atoms with E-state index in [4.69, 9.17) is 4.74 Å². The molecule has 3 heterocycles. The van der Waals surface area contributed by atoms with Crippen molar-refractivity contribution >= 4 is 35.1 Å². The molecule has 164 valence electrons. The van der Waals surface area contributed by atoms with Crippen LogP contribution in [0.25, 0.3) is 11.1 Å².